The van der Waals surface area contributed by atoms with Crippen LogP contribution in [-0.4, -0.2) is 40.9 Å². The van der Waals surface area contributed by atoms with Crippen LogP contribution in [0.4, 0.5) is 11.5 Å². The highest BCUT2D eigenvalue weighted by atomic mass is 16.5. The number of hydrogen-bond acceptors (Lipinski definition) is 6. The molecule has 1 saturated carbocycles. The number of aliphatic hydroxyl groups is 1. The Balaban J connectivity index is 2.11. The molecule has 0 unspecified atom stereocenters. The van der Waals surface area contributed by atoms with Gasteiger partial charge in [-0.2, -0.15) is 4.98 Å². The molecule has 3 N–H and O–H groups in total. The summed E-state index contributed by atoms with van der Waals surface area (Å²) in [6.45, 7) is 3.13. The van der Waals surface area contributed by atoms with Crippen molar-refractivity contribution in [3.05, 3.63) is 6.33 Å². The van der Waals surface area contributed by atoms with E-state index in [9.17, 15) is 5.11 Å². The Morgan fingerprint density at radius 3 is 2.75 bits per heavy atom. The summed E-state index contributed by atoms with van der Waals surface area (Å²) in [4.78, 5) is 10.2. The highest BCUT2D eigenvalue weighted by Crippen LogP contribution is 2.33. The SMILES string of the molecule is CCCOc1ncnc(N(C)CC2(O)CCCC2)c1N. The van der Waals surface area contributed by atoms with Gasteiger partial charge in [0.15, 0.2) is 5.82 Å². The normalized spacial score (nSPS) is 17.1. The monoisotopic (exact) mass is 280 g/mol. The van der Waals surface area contributed by atoms with Gasteiger partial charge < -0.3 is 20.5 Å². The maximum atomic E-state index is 10.5. The number of nitrogens with zero attached hydrogens (tertiary/aromatic N) is 3. The first-order valence-electron chi connectivity index (χ1n) is 7.22. The molecule has 6 heteroatoms. The highest BCUT2D eigenvalue weighted by Gasteiger charge is 2.33. The lowest BCUT2D eigenvalue weighted by Crippen LogP contribution is -2.39. The molecule has 1 fully saturated rings. The van der Waals surface area contributed by atoms with Gasteiger partial charge in [0.1, 0.15) is 12.0 Å². The van der Waals surface area contributed by atoms with Gasteiger partial charge in [0.05, 0.1) is 12.2 Å². The van der Waals surface area contributed by atoms with Crippen LogP contribution in [0.1, 0.15) is 39.0 Å². The summed E-state index contributed by atoms with van der Waals surface area (Å²) in [5, 5.41) is 10.5. The Labute approximate surface area is 120 Å². The summed E-state index contributed by atoms with van der Waals surface area (Å²) >= 11 is 0. The van der Waals surface area contributed by atoms with Crippen LogP contribution in [0, 0.1) is 0 Å². The van der Waals surface area contributed by atoms with E-state index in [0.717, 1.165) is 32.1 Å². The van der Waals surface area contributed by atoms with E-state index in [1.165, 1.54) is 6.33 Å². The number of rotatable bonds is 6. The molecule has 1 aromatic rings. The molecule has 20 heavy (non-hydrogen) atoms. The summed E-state index contributed by atoms with van der Waals surface area (Å²) in [5.74, 6) is 1.04. The molecule has 0 atom stereocenters. The maximum Gasteiger partial charge on any atom is 0.242 e. The van der Waals surface area contributed by atoms with Crippen molar-refractivity contribution in [3.8, 4) is 5.88 Å². The lowest BCUT2D eigenvalue weighted by Gasteiger charge is -2.30. The largest absolute Gasteiger partial charge is 0.476 e. The number of anilines is 2. The maximum absolute atomic E-state index is 10.5. The van der Waals surface area contributed by atoms with Crippen LogP contribution < -0.4 is 15.4 Å². The Morgan fingerprint density at radius 1 is 1.40 bits per heavy atom. The Hall–Kier alpha value is -1.56. The van der Waals surface area contributed by atoms with Gasteiger partial charge in [-0.3, -0.25) is 0 Å². The highest BCUT2D eigenvalue weighted by molar-refractivity contribution is 5.67. The smallest absolute Gasteiger partial charge is 0.242 e. The van der Waals surface area contributed by atoms with Crippen LogP contribution in [0.3, 0.4) is 0 Å². The van der Waals surface area contributed by atoms with Crippen molar-refractivity contribution in [1.29, 1.82) is 0 Å². The van der Waals surface area contributed by atoms with Crippen LogP contribution in [0.15, 0.2) is 6.33 Å². The molecular weight excluding hydrogens is 256 g/mol. The van der Waals surface area contributed by atoms with Crippen molar-refractivity contribution >= 4 is 11.5 Å². The molecule has 0 spiro atoms. The van der Waals surface area contributed by atoms with Gasteiger partial charge in [-0.1, -0.05) is 19.8 Å². The molecule has 1 aliphatic carbocycles. The summed E-state index contributed by atoms with van der Waals surface area (Å²) in [5.41, 5.74) is 5.88. The molecule has 1 heterocycles. The van der Waals surface area contributed by atoms with E-state index >= 15 is 0 Å². The molecule has 1 aromatic heterocycles. The van der Waals surface area contributed by atoms with Gasteiger partial charge in [-0.25, -0.2) is 4.98 Å². The Morgan fingerprint density at radius 2 is 2.10 bits per heavy atom. The third-order valence-corrected chi connectivity index (χ3v) is 3.70. The molecule has 6 nitrogen and oxygen atoms in total. The van der Waals surface area contributed by atoms with E-state index in [-0.39, 0.29) is 0 Å². The third kappa shape index (κ3) is 3.30. The second-order valence-corrected chi connectivity index (χ2v) is 5.55. The topological polar surface area (TPSA) is 84.5 Å². The number of likely N-dealkylation sites (N-methyl/N-ethyl adjacent to an activating group) is 1. The van der Waals surface area contributed by atoms with Crippen molar-refractivity contribution in [2.75, 3.05) is 30.8 Å². The molecule has 0 amide bonds. The van der Waals surface area contributed by atoms with Gasteiger partial charge in [-0.15, -0.1) is 0 Å². The lowest BCUT2D eigenvalue weighted by atomic mass is 10.0. The van der Waals surface area contributed by atoms with Crippen LogP contribution in [0.5, 0.6) is 5.88 Å². The fourth-order valence-corrected chi connectivity index (χ4v) is 2.70. The molecule has 112 valence electrons. The van der Waals surface area contributed by atoms with E-state index in [4.69, 9.17) is 10.5 Å². The fourth-order valence-electron chi connectivity index (χ4n) is 2.70. The van der Waals surface area contributed by atoms with Gasteiger partial charge in [0.25, 0.3) is 0 Å². The number of nitrogens with two attached hydrogens (primary N) is 1. The minimum absolute atomic E-state index is 0.419. The van der Waals surface area contributed by atoms with Crippen LogP contribution in [0.25, 0.3) is 0 Å². The van der Waals surface area contributed by atoms with Crippen LogP contribution >= 0.6 is 0 Å². The van der Waals surface area contributed by atoms with Gasteiger partial charge in [0, 0.05) is 13.6 Å². The second-order valence-electron chi connectivity index (χ2n) is 5.55. The molecule has 0 radical (unpaired) electrons. The molecule has 0 saturated heterocycles. The third-order valence-electron chi connectivity index (χ3n) is 3.70. The zero-order valence-corrected chi connectivity index (χ0v) is 12.3. The van der Waals surface area contributed by atoms with Gasteiger partial charge in [0.2, 0.25) is 5.88 Å². The molecule has 0 aliphatic heterocycles. The van der Waals surface area contributed by atoms with Crippen LogP contribution in [-0.2, 0) is 0 Å². The predicted molar refractivity (Wildman–Crippen MR) is 78.9 cm³/mol. The number of ether oxygens (including phenoxy) is 1. The quantitative estimate of drug-likeness (QED) is 0.823. The minimum Gasteiger partial charge on any atom is -0.476 e. The van der Waals surface area contributed by atoms with E-state index in [2.05, 4.69) is 9.97 Å². The summed E-state index contributed by atoms with van der Waals surface area (Å²) in [6, 6.07) is 0. The average molecular weight is 280 g/mol. The average Bonchev–Trinajstić information content (AvgIpc) is 2.84. The van der Waals surface area contributed by atoms with Crippen molar-refractivity contribution in [3.63, 3.8) is 0 Å². The van der Waals surface area contributed by atoms with E-state index in [1.807, 2.05) is 18.9 Å². The van der Waals surface area contributed by atoms with Gasteiger partial charge in [-0.05, 0) is 19.3 Å². The molecule has 0 aromatic carbocycles. The van der Waals surface area contributed by atoms with Gasteiger partial charge >= 0.3 is 0 Å². The first-order valence-corrected chi connectivity index (χ1v) is 7.22. The first kappa shape index (κ1) is 14.8. The lowest BCUT2D eigenvalue weighted by molar-refractivity contribution is 0.0558. The van der Waals surface area contributed by atoms with Crippen LogP contribution in [0.2, 0.25) is 0 Å². The standard InChI is InChI=1S/C14H24N4O2/c1-3-8-20-13-11(15)12(16-10-17-13)18(2)9-14(19)6-4-5-7-14/h10,19H,3-9,15H2,1-2H3. The molecule has 1 aliphatic rings. The zero-order valence-electron chi connectivity index (χ0n) is 12.3. The molecular formula is C14H24N4O2. The summed E-state index contributed by atoms with van der Waals surface area (Å²) in [7, 11) is 1.89. The first-order chi connectivity index (χ1) is 9.56. The van der Waals surface area contributed by atoms with E-state index < -0.39 is 5.60 Å². The summed E-state index contributed by atoms with van der Waals surface area (Å²) < 4.78 is 5.51. The number of hydrogen-bond donors (Lipinski definition) is 2. The molecule has 0 bridgehead atoms. The fraction of sp³-hybridized carbons (Fsp3) is 0.714. The minimum atomic E-state index is -0.628. The molecule has 2 rings (SSSR count). The summed E-state index contributed by atoms with van der Waals surface area (Å²) in [6.07, 6.45) is 6.17. The van der Waals surface area contributed by atoms with Crippen molar-refractivity contribution < 1.29 is 9.84 Å². The second kappa shape index (κ2) is 6.26. The zero-order chi connectivity index (χ0) is 14.6. The Bertz CT molecular complexity index is 447. The van der Waals surface area contributed by atoms with Crippen molar-refractivity contribution in [1.82, 2.24) is 9.97 Å². The van der Waals surface area contributed by atoms with Crippen molar-refractivity contribution in [2.45, 2.75) is 44.6 Å². The van der Waals surface area contributed by atoms with Crippen molar-refractivity contribution in [2.24, 2.45) is 0 Å². The predicted octanol–water partition coefficient (Wildman–Crippen LogP) is 1.59. The Kier molecular flexibility index (Phi) is 4.65. The number of nitrogen functional groups attached to an aromatic ring is 1. The number of aromatic nitrogens is 2. The van der Waals surface area contributed by atoms with E-state index in [1.54, 1.807) is 0 Å². The van der Waals surface area contributed by atoms with E-state index in [0.29, 0.717) is 30.5 Å².